The highest BCUT2D eigenvalue weighted by atomic mass is 31.0. The second-order valence-corrected chi connectivity index (χ2v) is 8.25. The number of allylic oxidation sites excluding steroid dienone is 4. The van der Waals surface area contributed by atoms with E-state index in [1.807, 2.05) is 29.2 Å². The van der Waals surface area contributed by atoms with E-state index >= 15 is 0 Å². The highest BCUT2D eigenvalue weighted by Gasteiger charge is 2.30. The average molecular weight is 446 g/mol. The molecule has 6 nitrogen and oxygen atoms in total. The van der Waals surface area contributed by atoms with Crippen LogP contribution >= 0.6 is 9.24 Å². The summed E-state index contributed by atoms with van der Waals surface area (Å²) in [5, 5.41) is 1.60. The van der Waals surface area contributed by atoms with E-state index in [0.29, 0.717) is 5.70 Å². The average Bonchev–Trinajstić information content (AvgIpc) is 3.11. The third-order valence-electron chi connectivity index (χ3n) is 3.90. The fourth-order valence-corrected chi connectivity index (χ4v) is 2.58. The van der Waals surface area contributed by atoms with E-state index in [9.17, 15) is 22.4 Å². The van der Waals surface area contributed by atoms with Crippen molar-refractivity contribution in [2.45, 2.75) is 52.1 Å². The molecule has 0 aliphatic rings. The van der Waals surface area contributed by atoms with E-state index in [-0.39, 0.29) is 29.2 Å². The minimum absolute atomic E-state index is 0.0963. The summed E-state index contributed by atoms with van der Waals surface area (Å²) in [5.41, 5.74) is -0.320. The Labute approximate surface area is 173 Å². The van der Waals surface area contributed by atoms with E-state index in [1.165, 1.54) is 6.92 Å². The zero-order valence-electron chi connectivity index (χ0n) is 17.0. The normalized spacial score (nSPS) is 15.2. The Morgan fingerprint density at radius 1 is 1.30 bits per heavy atom. The molecule has 0 fully saturated rings. The van der Waals surface area contributed by atoms with Gasteiger partial charge in [0, 0.05) is 18.2 Å². The Morgan fingerprint density at radius 2 is 1.97 bits per heavy atom. The molecule has 30 heavy (non-hydrogen) atoms. The van der Waals surface area contributed by atoms with Crippen molar-refractivity contribution in [3.05, 3.63) is 46.4 Å². The first kappa shape index (κ1) is 23.9. The lowest BCUT2D eigenvalue weighted by Gasteiger charge is -2.15. The molecule has 2 aromatic rings. The summed E-state index contributed by atoms with van der Waals surface area (Å²) in [4.78, 5) is 20.8. The van der Waals surface area contributed by atoms with Crippen LogP contribution in [-0.2, 0) is 11.8 Å². The Kier molecular flexibility index (Phi) is 7.34. The summed E-state index contributed by atoms with van der Waals surface area (Å²) in [6.07, 6.45) is -1.06. The Balaban J connectivity index is 2.60. The lowest BCUT2D eigenvalue weighted by Crippen LogP contribution is -2.25. The molecule has 0 aliphatic heterocycles. The molecule has 2 unspecified atom stereocenters. The smallest absolute Gasteiger partial charge is 0.335 e. The van der Waals surface area contributed by atoms with Gasteiger partial charge in [-0.1, -0.05) is 40.4 Å². The predicted octanol–water partition coefficient (Wildman–Crippen LogP) is 4.88. The molecule has 11 heteroatoms. The van der Waals surface area contributed by atoms with Gasteiger partial charge in [0.05, 0.1) is 6.42 Å². The van der Waals surface area contributed by atoms with Crippen LogP contribution in [0.25, 0.3) is 17.2 Å². The number of rotatable bonds is 7. The van der Waals surface area contributed by atoms with Gasteiger partial charge in [0.1, 0.15) is 11.5 Å². The Bertz CT molecular complexity index is 1000. The molecule has 0 saturated heterocycles. The first-order valence-electron chi connectivity index (χ1n) is 9.18. The predicted molar refractivity (Wildman–Crippen MR) is 108 cm³/mol. The molecule has 0 amide bonds. The molecule has 164 valence electrons. The minimum atomic E-state index is -4.43. The van der Waals surface area contributed by atoms with Crippen molar-refractivity contribution in [2.75, 3.05) is 0 Å². The van der Waals surface area contributed by atoms with Gasteiger partial charge in [-0.3, -0.25) is 9.36 Å². The van der Waals surface area contributed by atoms with Crippen molar-refractivity contribution < 1.29 is 22.1 Å². The highest BCUT2D eigenvalue weighted by molar-refractivity contribution is 7.18. The van der Waals surface area contributed by atoms with Crippen molar-refractivity contribution in [3.8, 4) is 11.5 Å². The molecule has 0 aliphatic carbocycles. The van der Waals surface area contributed by atoms with Crippen LogP contribution in [0, 0.1) is 5.92 Å². The maximum Gasteiger partial charge on any atom is 0.389 e. The number of nitrogens with zero attached hydrogens (tertiary/aromatic N) is 4. The first-order chi connectivity index (χ1) is 13.8. The number of aromatic nitrogens is 4. The Morgan fingerprint density at radius 3 is 2.47 bits per heavy atom. The molecule has 0 saturated carbocycles. The van der Waals surface area contributed by atoms with Crippen LogP contribution in [-0.4, -0.2) is 25.9 Å². The topological polar surface area (TPSA) is 73.8 Å². The number of alkyl halides is 4. The van der Waals surface area contributed by atoms with Gasteiger partial charge < -0.3 is 4.52 Å². The van der Waals surface area contributed by atoms with Gasteiger partial charge in [0.2, 0.25) is 5.82 Å². The van der Waals surface area contributed by atoms with Gasteiger partial charge in [-0.15, -0.1) is 0 Å². The molecule has 2 aromatic heterocycles. The van der Waals surface area contributed by atoms with Crippen LogP contribution < -0.4 is 5.56 Å². The molecule has 2 rings (SSSR count). The first-order valence-corrected chi connectivity index (χ1v) is 9.76. The molecule has 0 radical (unpaired) electrons. The van der Waals surface area contributed by atoms with Gasteiger partial charge >= 0.3 is 6.18 Å². The third kappa shape index (κ3) is 6.32. The monoisotopic (exact) mass is 446 g/mol. The molecule has 2 heterocycles. The van der Waals surface area contributed by atoms with Crippen molar-refractivity contribution in [1.29, 1.82) is 0 Å². The van der Waals surface area contributed by atoms with Crippen LogP contribution in [0.3, 0.4) is 0 Å². The van der Waals surface area contributed by atoms with Gasteiger partial charge in [0.15, 0.2) is 5.41 Å². The lowest BCUT2D eigenvalue weighted by atomic mass is 10.2. The zero-order chi connectivity index (χ0) is 22.7. The van der Waals surface area contributed by atoms with Crippen molar-refractivity contribution in [3.63, 3.8) is 0 Å². The van der Waals surface area contributed by atoms with E-state index in [0.717, 1.165) is 10.6 Å². The fourth-order valence-electron chi connectivity index (χ4n) is 2.46. The quantitative estimate of drug-likeness (QED) is 0.344. The number of halogens is 4. The standard InChI is InChI=1S/C19H23F4N4O2P/c1-5-12(7-6-11(2)3)27-14(8-9-19(21,22)23)24-13(10-15(27)28)16-25-17(29-26-16)18(4,20)30/h5-7,10-11H,8-9,30H2,1-4H3/b7-6-,12-5+. The maximum absolute atomic E-state index is 14.0. The van der Waals surface area contributed by atoms with Crippen LogP contribution in [0.15, 0.2) is 33.6 Å². The summed E-state index contributed by atoms with van der Waals surface area (Å²) in [6, 6.07) is 1.08. The summed E-state index contributed by atoms with van der Waals surface area (Å²) in [7, 11) is 1.89. The molecular weight excluding hydrogens is 423 g/mol. The molecule has 0 bridgehead atoms. The van der Waals surface area contributed by atoms with E-state index < -0.39 is 30.0 Å². The van der Waals surface area contributed by atoms with Gasteiger partial charge in [-0.25, -0.2) is 9.37 Å². The number of hydrogen-bond donors (Lipinski definition) is 0. The second kappa shape index (κ2) is 9.20. The molecule has 0 N–H and O–H groups in total. The molecule has 0 spiro atoms. The van der Waals surface area contributed by atoms with Crippen molar-refractivity contribution >= 4 is 14.9 Å². The van der Waals surface area contributed by atoms with Gasteiger partial charge in [0.25, 0.3) is 11.4 Å². The van der Waals surface area contributed by atoms with E-state index in [1.54, 1.807) is 19.1 Å². The van der Waals surface area contributed by atoms with Crippen LogP contribution in [0.1, 0.15) is 45.8 Å². The second-order valence-electron chi connectivity index (χ2n) is 7.16. The van der Waals surface area contributed by atoms with Gasteiger partial charge in [-0.2, -0.15) is 18.2 Å². The van der Waals surface area contributed by atoms with Crippen LogP contribution in [0.2, 0.25) is 0 Å². The highest BCUT2D eigenvalue weighted by Crippen LogP contribution is 2.32. The molecular formula is C19H23F4N4O2P. The molecule has 2 atom stereocenters. The van der Waals surface area contributed by atoms with E-state index in [2.05, 4.69) is 15.1 Å². The van der Waals surface area contributed by atoms with Crippen LogP contribution in [0.5, 0.6) is 0 Å². The summed E-state index contributed by atoms with van der Waals surface area (Å²) >= 11 is 0. The largest absolute Gasteiger partial charge is 0.389 e. The Hall–Kier alpha value is -2.35. The van der Waals surface area contributed by atoms with Crippen molar-refractivity contribution in [2.24, 2.45) is 5.92 Å². The molecule has 0 aromatic carbocycles. The number of hydrogen-bond acceptors (Lipinski definition) is 5. The van der Waals surface area contributed by atoms with E-state index in [4.69, 9.17) is 4.52 Å². The van der Waals surface area contributed by atoms with Crippen LogP contribution in [0.4, 0.5) is 17.6 Å². The summed E-state index contributed by atoms with van der Waals surface area (Å²) in [5.74, 6) is -0.495. The zero-order valence-corrected chi connectivity index (χ0v) is 18.2. The SMILES string of the molecule is C/C=C(\C=C/C(C)C)n1c(CCC(F)(F)F)nc(-c2noc(C(C)(F)P)n2)cc1=O. The summed E-state index contributed by atoms with van der Waals surface area (Å²) < 4.78 is 58.4. The third-order valence-corrected chi connectivity index (χ3v) is 4.15. The number of aryl methyl sites for hydroxylation is 1. The summed E-state index contributed by atoms with van der Waals surface area (Å²) in [6.45, 7) is 6.70. The van der Waals surface area contributed by atoms with Gasteiger partial charge in [-0.05, 0) is 25.8 Å². The van der Waals surface area contributed by atoms with Crippen molar-refractivity contribution in [1.82, 2.24) is 19.7 Å². The maximum atomic E-state index is 14.0. The fraction of sp³-hybridized carbons (Fsp3) is 0.474. The lowest BCUT2D eigenvalue weighted by molar-refractivity contribution is -0.134. The minimum Gasteiger partial charge on any atom is -0.335 e.